The minimum Gasteiger partial charge on any atom is -0.369 e. The van der Waals surface area contributed by atoms with Crippen LogP contribution in [0.2, 0.25) is 0 Å². The summed E-state index contributed by atoms with van der Waals surface area (Å²) in [5, 5.41) is 3.93. The van der Waals surface area contributed by atoms with E-state index in [2.05, 4.69) is 10.1 Å². The van der Waals surface area contributed by atoms with E-state index in [4.69, 9.17) is 10.3 Å². The Morgan fingerprint density at radius 1 is 1.47 bits per heavy atom. The Balaban J connectivity index is 1.98. The molecule has 6 heteroatoms. The second kappa shape index (κ2) is 4.73. The summed E-state index contributed by atoms with van der Waals surface area (Å²) in [7, 11) is 0. The molecule has 1 fully saturated rings. The largest absolute Gasteiger partial charge is 0.369 e. The van der Waals surface area contributed by atoms with E-state index in [-0.39, 0.29) is 17.7 Å². The van der Waals surface area contributed by atoms with Crippen molar-refractivity contribution in [3.8, 4) is 0 Å². The van der Waals surface area contributed by atoms with Gasteiger partial charge in [-0.15, -0.1) is 0 Å². The van der Waals surface area contributed by atoms with E-state index >= 15 is 0 Å². The van der Waals surface area contributed by atoms with Crippen LogP contribution in [0.3, 0.4) is 0 Å². The number of anilines is 1. The normalized spacial score (nSPS) is 17.7. The number of nitrogens with zero attached hydrogens (tertiary/aromatic N) is 3. The molecule has 2 heterocycles. The number of aromatic nitrogens is 2. The lowest BCUT2D eigenvalue weighted by Crippen LogP contribution is -2.38. The number of piperidine rings is 1. The Hall–Kier alpha value is -1.59. The van der Waals surface area contributed by atoms with Crippen molar-refractivity contribution in [3.05, 3.63) is 5.82 Å². The molecule has 2 N–H and O–H groups in total. The molecular formula is C11H18N4O2. The first-order chi connectivity index (χ1) is 8.08. The molecule has 1 aliphatic heterocycles. The molecule has 2 rings (SSSR count). The maximum atomic E-state index is 11.0. The molecule has 1 aromatic rings. The fourth-order valence-electron chi connectivity index (χ4n) is 1.94. The van der Waals surface area contributed by atoms with Crippen LogP contribution in [0.1, 0.15) is 38.4 Å². The number of amides is 1. The highest BCUT2D eigenvalue weighted by atomic mass is 16.5. The van der Waals surface area contributed by atoms with Gasteiger partial charge in [-0.05, 0) is 12.8 Å². The average Bonchev–Trinajstić information content (AvgIpc) is 2.78. The van der Waals surface area contributed by atoms with E-state index in [1.165, 1.54) is 0 Å². The molecule has 0 aliphatic carbocycles. The van der Waals surface area contributed by atoms with Gasteiger partial charge in [0.1, 0.15) is 0 Å². The molecule has 94 valence electrons. The van der Waals surface area contributed by atoms with Crippen LogP contribution in [0.5, 0.6) is 0 Å². The maximum Gasteiger partial charge on any atom is 0.324 e. The molecule has 0 bridgehead atoms. The molecule has 0 radical (unpaired) electrons. The summed E-state index contributed by atoms with van der Waals surface area (Å²) in [5.41, 5.74) is 5.29. The third-order valence-corrected chi connectivity index (χ3v) is 3.12. The fourth-order valence-corrected chi connectivity index (χ4v) is 1.94. The van der Waals surface area contributed by atoms with E-state index in [0.717, 1.165) is 31.8 Å². The van der Waals surface area contributed by atoms with Crippen molar-refractivity contribution < 1.29 is 9.32 Å². The third-order valence-electron chi connectivity index (χ3n) is 3.12. The molecule has 0 spiro atoms. The summed E-state index contributed by atoms with van der Waals surface area (Å²) >= 11 is 0. The van der Waals surface area contributed by atoms with Gasteiger partial charge >= 0.3 is 6.01 Å². The molecule has 1 amide bonds. The highest BCUT2D eigenvalue weighted by Crippen LogP contribution is 2.23. The van der Waals surface area contributed by atoms with Crippen molar-refractivity contribution in [2.75, 3.05) is 18.0 Å². The number of hydrogen-bond acceptors (Lipinski definition) is 5. The van der Waals surface area contributed by atoms with Crippen LogP contribution >= 0.6 is 0 Å². The van der Waals surface area contributed by atoms with Gasteiger partial charge in [-0.3, -0.25) is 4.79 Å². The van der Waals surface area contributed by atoms with Crippen molar-refractivity contribution in [2.45, 2.75) is 32.6 Å². The van der Waals surface area contributed by atoms with Gasteiger partial charge in [-0.2, -0.15) is 4.98 Å². The minimum atomic E-state index is -0.210. The number of primary amides is 1. The molecule has 1 saturated heterocycles. The van der Waals surface area contributed by atoms with Crippen molar-refractivity contribution >= 4 is 11.9 Å². The Morgan fingerprint density at radius 2 is 2.12 bits per heavy atom. The molecule has 1 aliphatic rings. The van der Waals surface area contributed by atoms with Crippen LogP contribution in [0.4, 0.5) is 6.01 Å². The number of rotatable bonds is 3. The van der Waals surface area contributed by atoms with Gasteiger partial charge in [0, 0.05) is 24.9 Å². The SMILES string of the molecule is CC(C)c1noc(N2CCC(C(N)=O)CC2)n1. The number of carbonyl (C=O) groups excluding carboxylic acids is 1. The van der Waals surface area contributed by atoms with Crippen LogP contribution in [-0.2, 0) is 4.79 Å². The first-order valence-corrected chi connectivity index (χ1v) is 5.95. The summed E-state index contributed by atoms with van der Waals surface area (Å²) < 4.78 is 5.21. The quantitative estimate of drug-likeness (QED) is 0.845. The highest BCUT2D eigenvalue weighted by Gasteiger charge is 2.26. The summed E-state index contributed by atoms with van der Waals surface area (Å²) in [6.45, 7) is 5.53. The number of hydrogen-bond donors (Lipinski definition) is 1. The standard InChI is InChI=1S/C11H18N4O2/c1-7(2)10-13-11(17-14-10)15-5-3-8(4-6-15)9(12)16/h7-8H,3-6H2,1-2H3,(H2,12,16). The molecule has 0 aromatic carbocycles. The van der Waals surface area contributed by atoms with Gasteiger partial charge in [0.15, 0.2) is 5.82 Å². The van der Waals surface area contributed by atoms with Crippen molar-refractivity contribution in [2.24, 2.45) is 11.7 Å². The first kappa shape index (κ1) is 11.9. The number of carbonyl (C=O) groups is 1. The summed E-state index contributed by atoms with van der Waals surface area (Å²) in [4.78, 5) is 17.4. The van der Waals surface area contributed by atoms with E-state index in [9.17, 15) is 4.79 Å². The van der Waals surface area contributed by atoms with E-state index in [0.29, 0.717) is 6.01 Å². The predicted octanol–water partition coefficient (Wildman–Crippen LogP) is 0.895. The van der Waals surface area contributed by atoms with Crippen molar-refractivity contribution in [1.82, 2.24) is 10.1 Å². The number of nitrogens with two attached hydrogens (primary N) is 1. The Morgan fingerprint density at radius 3 is 2.59 bits per heavy atom. The van der Waals surface area contributed by atoms with Crippen LogP contribution in [0, 0.1) is 5.92 Å². The topological polar surface area (TPSA) is 85.3 Å². The van der Waals surface area contributed by atoms with Crippen LogP contribution in [-0.4, -0.2) is 29.1 Å². The maximum absolute atomic E-state index is 11.0. The van der Waals surface area contributed by atoms with Gasteiger partial charge in [-0.1, -0.05) is 19.0 Å². The summed E-state index contributed by atoms with van der Waals surface area (Å²) in [6, 6.07) is 0.552. The third kappa shape index (κ3) is 2.57. The zero-order valence-electron chi connectivity index (χ0n) is 10.2. The van der Waals surface area contributed by atoms with Crippen molar-refractivity contribution in [1.29, 1.82) is 0 Å². The molecule has 1 aromatic heterocycles. The Bertz CT molecular complexity index is 394. The zero-order chi connectivity index (χ0) is 12.4. The monoisotopic (exact) mass is 238 g/mol. The zero-order valence-corrected chi connectivity index (χ0v) is 10.2. The summed E-state index contributed by atoms with van der Waals surface area (Å²) in [6.07, 6.45) is 1.52. The molecule has 0 saturated carbocycles. The van der Waals surface area contributed by atoms with Gasteiger partial charge in [-0.25, -0.2) is 0 Å². The molecule has 17 heavy (non-hydrogen) atoms. The molecule has 0 atom stereocenters. The smallest absolute Gasteiger partial charge is 0.324 e. The lowest BCUT2D eigenvalue weighted by molar-refractivity contribution is -0.122. The molecular weight excluding hydrogens is 220 g/mol. The van der Waals surface area contributed by atoms with E-state index < -0.39 is 0 Å². The van der Waals surface area contributed by atoms with Gasteiger partial charge < -0.3 is 15.2 Å². The van der Waals surface area contributed by atoms with E-state index in [1.54, 1.807) is 0 Å². The van der Waals surface area contributed by atoms with Crippen LogP contribution in [0.15, 0.2) is 4.52 Å². The first-order valence-electron chi connectivity index (χ1n) is 5.95. The lowest BCUT2D eigenvalue weighted by atomic mass is 9.97. The molecule has 6 nitrogen and oxygen atoms in total. The van der Waals surface area contributed by atoms with Crippen molar-refractivity contribution in [3.63, 3.8) is 0 Å². The second-order valence-electron chi connectivity index (χ2n) is 4.75. The fraction of sp³-hybridized carbons (Fsp3) is 0.727. The second-order valence-corrected chi connectivity index (χ2v) is 4.75. The van der Waals surface area contributed by atoms with E-state index in [1.807, 2.05) is 18.7 Å². The lowest BCUT2D eigenvalue weighted by Gasteiger charge is -2.28. The Kier molecular flexibility index (Phi) is 3.31. The van der Waals surface area contributed by atoms with Gasteiger partial charge in [0.05, 0.1) is 0 Å². The van der Waals surface area contributed by atoms with Gasteiger partial charge in [0.25, 0.3) is 0 Å². The van der Waals surface area contributed by atoms with Crippen LogP contribution < -0.4 is 10.6 Å². The highest BCUT2D eigenvalue weighted by molar-refractivity contribution is 5.76. The Labute approximate surface area is 100 Å². The predicted molar refractivity (Wildman–Crippen MR) is 62.5 cm³/mol. The van der Waals surface area contributed by atoms with Crippen LogP contribution in [0.25, 0.3) is 0 Å². The average molecular weight is 238 g/mol. The minimum absolute atomic E-state index is 0.0151. The molecule has 0 unspecified atom stereocenters. The summed E-state index contributed by atoms with van der Waals surface area (Å²) in [5.74, 6) is 0.754. The van der Waals surface area contributed by atoms with Gasteiger partial charge in [0.2, 0.25) is 5.91 Å².